The van der Waals surface area contributed by atoms with Crippen molar-refractivity contribution in [1.29, 1.82) is 0 Å². The number of nitrogens with zero attached hydrogens (tertiary/aromatic N) is 2. The van der Waals surface area contributed by atoms with Crippen LogP contribution >= 0.6 is 11.3 Å². The van der Waals surface area contributed by atoms with Gasteiger partial charge in [-0.05, 0) is 76.9 Å². The van der Waals surface area contributed by atoms with Crippen molar-refractivity contribution >= 4 is 70.4 Å². The third-order valence-corrected chi connectivity index (χ3v) is 12.4. The summed E-state index contributed by atoms with van der Waals surface area (Å²) in [5.74, 6) is 0. The number of hydrogen-bond donors (Lipinski definition) is 0. The standard InChI is InChI=1S/C54H36N2S/c1-4-18-37(19-5-1)41-24-10-13-29-47(41)56-48-30-14-11-26-45(48)53-50(31-17-32-51(53)56)55(40-22-8-3-9-23-40)49-35-34-39(36-46(49)38-20-6-2-7-21-38)42-27-16-28-44-43-25-12-15-33-52(43)57-54(42)44/h1-36H. The second-order valence-electron chi connectivity index (χ2n) is 14.5. The van der Waals surface area contributed by atoms with Crippen molar-refractivity contribution in [3.8, 4) is 39.1 Å². The van der Waals surface area contributed by atoms with E-state index in [0.717, 1.165) is 28.3 Å². The van der Waals surface area contributed by atoms with E-state index in [1.54, 1.807) is 0 Å². The molecule has 0 fully saturated rings. The zero-order chi connectivity index (χ0) is 37.7. The average molecular weight is 745 g/mol. The van der Waals surface area contributed by atoms with Crippen molar-refractivity contribution in [2.24, 2.45) is 0 Å². The van der Waals surface area contributed by atoms with Crippen LogP contribution in [0, 0.1) is 0 Å². The number of benzene rings is 9. The van der Waals surface area contributed by atoms with Gasteiger partial charge in [-0.15, -0.1) is 11.3 Å². The molecule has 268 valence electrons. The van der Waals surface area contributed by atoms with Gasteiger partial charge in [-0.25, -0.2) is 0 Å². The summed E-state index contributed by atoms with van der Waals surface area (Å²) in [4.78, 5) is 2.47. The Labute approximate surface area is 335 Å². The van der Waals surface area contributed by atoms with Crippen LogP contribution in [-0.4, -0.2) is 4.57 Å². The summed E-state index contributed by atoms with van der Waals surface area (Å²) in [6, 6.07) is 79.3. The molecule has 2 nitrogen and oxygen atoms in total. The maximum Gasteiger partial charge on any atom is 0.0562 e. The molecular formula is C54H36N2S. The van der Waals surface area contributed by atoms with Crippen LogP contribution in [0.25, 0.3) is 81.0 Å². The number of aromatic nitrogens is 1. The van der Waals surface area contributed by atoms with Gasteiger partial charge >= 0.3 is 0 Å². The molecule has 2 heterocycles. The molecular weight excluding hydrogens is 709 g/mol. The van der Waals surface area contributed by atoms with E-state index in [0.29, 0.717) is 0 Å². The number of fused-ring (bicyclic) bond motifs is 6. The summed E-state index contributed by atoms with van der Waals surface area (Å²) in [5.41, 5.74) is 14.0. The van der Waals surface area contributed by atoms with Gasteiger partial charge < -0.3 is 9.47 Å². The molecule has 9 aromatic carbocycles. The Morgan fingerprint density at radius 1 is 0.368 bits per heavy atom. The van der Waals surface area contributed by atoms with Gasteiger partial charge in [-0.1, -0.05) is 164 Å². The second-order valence-corrected chi connectivity index (χ2v) is 15.5. The third kappa shape index (κ3) is 5.55. The summed E-state index contributed by atoms with van der Waals surface area (Å²) in [7, 11) is 0. The Morgan fingerprint density at radius 2 is 0.965 bits per heavy atom. The average Bonchev–Trinajstić information content (AvgIpc) is 3.84. The number of para-hydroxylation sites is 3. The fourth-order valence-electron chi connectivity index (χ4n) is 8.68. The predicted octanol–water partition coefficient (Wildman–Crippen LogP) is 15.6. The first-order valence-corrected chi connectivity index (χ1v) is 20.3. The van der Waals surface area contributed by atoms with Crippen LogP contribution in [0.1, 0.15) is 0 Å². The van der Waals surface area contributed by atoms with Gasteiger partial charge in [0.15, 0.2) is 0 Å². The molecule has 57 heavy (non-hydrogen) atoms. The van der Waals surface area contributed by atoms with Crippen LogP contribution in [-0.2, 0) is 0 Å². The molecule has 0 bridgehead atoms. The largest absolute Gasteiger partial charge is 0.309 e. The van der Waals surface area contributed by atoms with Crippen molar-refractivity contribution in [1.82, 2.24) is 4.57 Å². The van der Waals surface area contributed by atoms with Crippen LogP contribution in [0.5, 0.6) is 0 Å². The molecule has 0 aliphatic heterocycles. The molecule has 11 rings (SSSR count). The van der Waals surface area contributed by atoms with Gasteiger partial charge in [0.25, 0.3) is 0 Å². The fraction of sp³-hybridized carbons (Fsp3) is 0. The highest BCUT2D eigenvalue weighted by Gasteiger charge is 2.24. The quantitative estimate of drug-likeness (QED) is 0.158. The number of anilines is 3. The Bertz CT molecular complexity index is 3230. The molecule has 0 spiro atoms. The summed E-state index contributed by atoms with van der Waals surface area (Å²) >= 11 is 1.88. The van der Waals surface area contributed by atoms with Crippen LogP contribution in [0.15, 0.2) is 218 Å². The monoisotopic (exact) mass is 744 g/mol. The zero-order valence-electron chi connectivity index (χ0n) is 31.1. The topological polar surface area (TPSA) is 8.17 Å². The maximum atomic E-state index is 2.47. The lowest BCUT2D eigenvalue weighted by Crippen LogP contribution is -2.12. The molecule has 0 radical (unpaired) electrons. The summed E-state index contributed by atoms with van der Waals surface area (Å²) in [6.45, 7) is 0. The summed E-state index contributed by atoms with van der Waals surface area (Å²) in [5, 5.41) is 5.04. The van der Waals surface area contributed by atoms with Crippen molar-refractivity contribution in [2.75, 3.05) is 4.90 Å². The minimum absolute atomic E-state index is 1.10. The van der Waals surface area contributed by atoms with Gasteiger partial charge in [0.05, 0.1) is 28.1 Å². The maximum absolute atomic E-state index is 2.47. The molecule has 0 saturated heterocycles. The Kier molecular flexibility index (Phi) is 8.04. The summed E-state index contributed by atoms with van der Waals surface area (Å²) < 4.78 is 5.08. The molecule has 0 N–H and O–H groups in total. The van der Waals surface area contributed by atoms with E-state index >= 15 is 0 Å². The van der Waals surface area contributed by atoms with Crippen LogP contribution in [0.3, 0.4) is 0 Å². The smallest absolute Gasteiger partial charge is 0.0562 e. The molecule has 0 unspecified atom stereocenters. The normalized spacial score (nSPS) is 11.5. The van der Waals surface area contributed by atoms with Crippen molar-refractivity contribution in [3.63, 3.8) is 0 Å². The highest BCUT2D eigenvalue weighted by molar-refractivity contribution is 7.26. The van der Waals surface area contributed by atoms with Gasteiger partial charge in [0.2, 0.25) is 0 Å². The molecule has 0 atom stereocenters. The highest BCUT2D eigenvalue weighted by Crippen LogP contribution is 2.49. The van der Waals surface area contributed by atoms with E-state index in [1.807, 2.05) is 11.3 Å². The molecule has 0 saturated carbocycles. The first-order chi connectivity index (χ1) is 28.3. The van der Waals surface area contributed by atoms with Crippen LogP contribution in [0.4, 0.5) is 17.1 Å². The van der Waals surface area contributed by atoms with E-state index in [9.17, 15) is 0 Å². The number of hydrogen-bond acceptors (Lipinski definition) is 2. The first kappa shape index (κ1) is 33.2. The minimum Gasteiger partial charge on any atom is -0.309 e. The van der Waals surface area contributed by atoms with E-state index in [1.165, 1.54) is 69.8 Å². The third-order valence-electron chi connectivity index (χ3n) is 11.2. The van der Waals surface area contributed by atoms with Crippen LogP contribution < -0.4 is 4.90 Å². The fourth-order valence-corrected chi connectivity index (χ4v) is 9.92. The SMILES string of the molecule is c1ccc(-c2cc(-c3cccc4c3sc3ccccc34)ccc2N(c2ccccc2)c2cccc3c2c2ccccc2n3-c2ccccc2-c2ccccc2)cc1. The van der Waals surface area contributed by atoms with Crippen LogP contribution in [0.2, 0.25) is 0 Å². The van der Waals surface area contributed by atoms with E-state index in [-0.39, 0.29) is 0 Å². The summed E-state index contributed by atoms with van der Waals surface area (Å²) in [6.07, 6.45) is 0. The van der Waals surface area contributed by atoms with Crippen molar-refractivity contribution < 1.29 is 0 Å². The lowest BCUT2D eigenvalue weighted by molar-refractivity contribution is 1.18. The second kappa shape index (κ2) is 13.8. The number of rotatable bonds is 7. The van der Waals surface area contributed by atoms with Crippen molar-refractivity contribution in [3.05, 3.63) is 218 Å². The molecule has 0 aliphatic carbocycles. The van der Waals surface area contributed by atoms with Gasteiger partial charge in [-0.2, -0.15) is 0 Å². The molecule has 3 heteroatoms. The lowest BCUT2D eigenvalue weighted by atomic mass is 9.95. The van der Waals surface area contributed by atoms with E-state index in [4.69, 9.17) is 0 Å². The first-order valence-electron chi connectivity index (χ1n) is 19.4. The van der Waals surface area contributed by atoms with E-state index < -0.39 is 0 Å². The molecule has 11 aromatic rings. The Balaban J connectivity index is 1.18. The Morgan fingerprint density at radius 3 is 1.77 bits per heavy atom. The predicted molar refractivity (Wildman–Crippen MR) is 245 cm³/mol. The van der Waals surface area contributed by atoms with Crippen molar-refractivity contribution in [2.45, 2.75) is 0 Å². The molecule has 0 amide bonds. The zero-order valence-corrected chi connectivity index (χ0v) is 31.9. The molecule has 0 aliphatic rings. The van der Waals surface area contributed by atoms with Gasteiger partial charge in [0, 0.05) is 47.8 Å². The van der Waals surface area contributed by atoms with Gasteiger partial charge in [-0.3, -0.25) is 0 Å². The molecule has 2 aromatic heterocycles. The number of thiophene rings is 1. The minimum atomic E-state index is 1.10. The highest BCUT2D eigenvalue weighted by atomic mass is 32.1. The van der Waals surface area contributed by atoms with Gasteiger partial charge in [0.1, 0.15) is 0 Å². The lowest BCUT2D eigenvalue weighted by Gasteiger charge is -2.29. The Hall–Kier alpha value is -7.20. The van der Waals surface area contributed by atoms with E-state index in [2.05, 4.69) is 228 Å².